The van der Waals surface area contributed by atoms with E-state index in [1.165, 1.54) is 6.42 Å². The lowest BCUT2D eigenvalue weighted by Crippen LogP contribution is -2.42. The van der Waals surface area contributed by atoms with E-state index < -0.39 is 5.97 Å². The summed E-state index contributed by atoms with van der Waals surface area (Å²) in [6, 6.07) is 9.28. The summed E-state index contributed by atoms with van der Waals surface area (Å²) in [7, 11) is 0. The van der Waals surface area contributed by atoms with Crippen LogP contribution in [0.1, 0.15) is 38.7 Å². The van der Waals surface area contributed by atoms with Gasteiger partial charge < -0.3 is 15.4 Å². The van der Waals surface area contributed by atoms with Crippen LogP contribution in [0.4, 0.5) is 0 Å². The highest BCUT2D eigenvalue weighted by atomic mass is 16.5. The number of hydrogen-bond acceptors (Lipinski definition) is 4. The van der Waals surface area contributed by atoms with Crippen LogP contribution in [0.2, 0.25) is 0 Å². The minimum atomic E-state index is -0.421. The Hall–Kier alpha value is -1.88. The first kappa shape index (κ1) is 18.2. The van der Waals surface area contributed by atoms with Crippen molar-refractivity contribution in [3.63, 3.8) is 0 Å². The third-order valence-corrected chi connectivity index (χ3v) is 3.03. The topological polar surface area (TPSA) is 67.4 Å². The highest BCUT2D eigenvalue weighted by Crippen LogP contribution is 2.04. The van der Waals surface area contributed by atoms with Crippen molar-refractivity contribution in [2.45, 2.75) is 45.8 Å². The predicted molar refractivity (Wildman–Crippen MR) is 86.2 cm³/mol. The number of carbonyl (C=O) groups is 2. The van der Waals surface area contributed by atoms with E-state index >= 15 is 0 Å². The van der Waals surface area contributed by atoms with E-state index in [0.29, 0.717) is 0 Å². The lowest BCUT2D eigenvalue weighted by atomic mass is 10.2. The Morgan fingerprint density at radius 3 is 2.55 bits per heavy atom. The molecule has 1 aromatic rings. The molecule has 1 aliphatic heterocycles. The molecule has 1 atom stereocenters. The third-order valence-electron chi connectivity index (χ3n) is 3.03. The average Bonchev–Trinajstić information content (AvgIpc) is 3.07. The van der Waals surface area contributed by atoms with Crippen molar-refractivity contribution in [1.82, 2.24) is 10.6 Å². The van der Waals surface area contributed by atoms with Crippen LogP contribution in [-0.2, 0) is 20.9 Å². The summed E-state index contributed by atoms with van der Waals surface area (Å²) in [5.74, 6) is -0.552. The van der Waals surface area contributed by atoms with E-state index in [4.69, 9.17) is 4.74 Å². The van der Waals surface area contributed by atoms with E-state index in [2.05, 4.69) is 24.5 Å². The third kappa shape index (κ3) is 7.22. The first-order chi connectivity index (χ1) is 10.7. The van der Waals surface area contributed by atoms with Gasteiger partial charge in [-0.3, -0.25) is 9.59 Å². The molecule has 0 saturated carbocycles. The molecule has 1 unspecified atom stereocenters. The summed E-state index contributed by atoms with van der Waals surface area (Å²) in [6.07, 6.45) is 3.07. The maximum absolute atomic E-state index is 11.6. The van der Waals surface area contributed by atoms with Gasteiger partial charge in [-0.05, 0) is 24.9 Å². The molecule has 0 radical (unpaired) electrons. The van der Waals surface area contributed by atoms with Crippen molar-refractivity contribution in [3.05, 3.63) is 35.9 Å². The Morgan fingerprint density at radius 1 is 1.27 bits per heavy atom. The largest absolute Gasteiger partial charge is 0.460 e. The fourth-order valence-corrected chi connectivity index (χ4v) is 1.98. The molecule has 1 aromatic carbocycles. The van der Waals surface area contributed by atoms with Crippen LogP contribution in [0, 0.1) is 0 Å². The molecule has 22 heavy (non-hydrogen) atoms. The first-order valence-corrected chi connectivity index (χ1v) is 7.88. The molecule has 1 saturated heterocycles. The number of ether oxygens (including phenoxy) is 1. The monoisotopic (exact) mass is 306 g/mol. The number of nitrogens with one attached hydrogen (secondary N) is 2. The Morgan fingerprint density at radius 2 is 1.95 bits per heavy atom. The van der Waals surface area contributed by atoms with E-state index in [0.717, 1.165) is 24.9 Å². The van der Waals surface area contributed by atoms with Crippen molar-refractivity contribution in [1.29, 1.82) is 0 Å². The van der Waals surface area contributed by atoms with Gasteiger partial charge in [0.25, 0.3) is 0 Å². The van der Waals surface area contributed by atoms with Gasteiger partial charge in [0.15, 0.2) is 0 Å². The minimum absolute atomic E-state index is 0.0795. The number of carbonyl (C=O) groups excluding carboxylic acids is 2. The van der Waals surface area contributed by atoms with Crippen molar-refractivity contribution in [2.75, 3.05) is 13.1 Å². The van der Waals surface area contributed by atoms with Gasteiger partial charge in [-0.2, -0.15) is 0 Å². The van der Waals surface area contributed by atoms with E-state index in [1.54, 1.807) is 0 Å². The van der Waals surface area contributed by atoms with Gasteiger partial charge in [0.1, 0.15) is 13.2 Å². The van der Waals surface area contributed by atoms with Crippen LogP contribution in [0.5, 0.6) is 0 Å². The molecule has 1 heterocycles. The van der Waals surface area contributed by atoms with E-state index in [-0.39, 0.29) is 25.1 Å². The minimum Gasteiger partial charge on any atom is -0.460 e. The Balaban J connectivity index is 0.000000745. The van der Waals surface area contributed by atoms with E-state index in [9.17, 15) is 9.59 Å². The quantitative estimate of drug-likeness (QED) is 0.817. The van der Waals surface area contributed by atoms with Crippen molar-refractivity contribution < 1.29 is 14.3 Å². The van der Waals surface area contributed by atoms with Crippen LogP contribution in [0.3, 0.4) is 0 Å². The Bertz CT molecular complexity index is 442. The standard InChI is InChI=1S/C14H18N2O3.C3H8/c17-13(19-10-11-5-2-1-3-6-11)9-16-14(18)12-7-4-8-15-12;1-3-2/h1-3,5-6,12,15H,4,7-10H2,(H,16,18);3H2,1-2H3. The van der Waals surface area contributed by atoms with Gasteiger partial charge in [-0.1, -0.05) is 50.6 Å². The summed E-state index contributed by atoms with van der Waals surface area (Å²) in [5.41, 5.74) is 0.930. The molecule has 5 heteroatoms. The highest BCUT2D eigenvalue weighted by molar-refractivity contribution is 5.85. The number of esters is 1. The van der Waals surface area contributed by atoms with Crippen LogP contribution < -0.4 is 10.6 Å². The van der Waals surface area contributed by atoms with Crippen LogP contribution >= 0.6 is 0 Å². The molecular formula is C17H26N2O3. The van der Waals surface area contributed by atoms with Gasteiger partial charge in [0.2, 0.25) is 5.91 Å². The van der Waals surface area contributed by atoms with Gasteiger partial charge in [-0.25, -0.2) is 0 Å². The van der Waals surface area contributed by atoms with E-state index in [1.807, 2.05) is 30.3 Å². The fourth-order valence-electron chi connectivity index (χ4n) is 1.98. The molecular weight excluding hydrogens is 280 g/mol. The highest BCUT2D eigenvalue weighted by Gasteiger charge is 2.22. The smallest absolute Gasteiger partial charge is 0.325 e. The molecule has 122 valence electrons. The van der Waals surface area contributed by atoms with Crippen molar-refractivity contribution in [3.8, 4) is 0 Å². The summed E-state index contributed by atoms with van der Waals surface area (Å²) in [6.45, 7) is 5.26. The molecule has 2 N–H and O–H groups in total. The Kier molecular flexibility index (Phi) is 8.91. The summed E-state index contributed by atoms with van der Waals surface area (Å²) < 4.78 is 5.07. The second kappa shape index (κ2) is 10.8. The molecule has 1 aliphatic rings. The number of rotatable bonds is 5. The first-order valence-electron chi connectivity index (χ1n) is 7.88. The van der Waals surface area contributed by atoms with Crippen LogP contribution in [0.15, 0.2) is 30.3 Å². The fraction of sp³-hybridized carbons (Fsp3) is 0.529. The van der Waals surface area contributed by atoms with Crippen molar-refractivity contribution in [2.24, 2.45) is 0 Å². The summed E-state index contributed by atoms with van der Waals surface area (Å²) in [5, 5.41) is 5.66. The second-order valence-electron chi connectivity index (χ2n) is 5.22. The SMILES string of the molecule is CCC.O=C(CNC(=O)C1CCCN1)OCc1ccccc1. The number of amides is 1. The zero-order valence-corrected chi connectivity index (χ0v) is 13.4. The predicted octanol–water partition coefficient (Wildman–Crippen LogP) is 2.01. The maximum atomic E-state index is 11.6. The molecule has 2 rings (SSSR count). The second-order valence-corrected chi connectivity index (χ2v) is 5.22. The van der Waals surface area contributed by atoms with Crippen LogP contribution in [0.25, 0.3) is 0 Å². The van der Waals surface area contributed by atoms with Crippen LogP contribution in [-0.4, -0.2) is 31.0 Å². The molecule has 0 aliphatic carbocycles. The zero-order chi connectivity index (χ0) is 16.2. The number of hydrogen-bond donors (Lipinski definition) is 2. The molecule has 0 bridgehead atoms. The lowest BCUT2D eigenvalue weighted by Gasteiger charge is -2.10. The molecule has 5 nitrogen and oxygen atoms in total. The van der Waals surface area contributed by atoms with Gasteiger partial charge in [0, 0.05) is 0 Å². The summed E-state index contributed by atoms with van der Waals surface area (Å²) >= 11 is 0. The van der Waals surface area contributed by atoms with Gasteiger partial charge in [-0.15, -0.1) is 0 Å². The average molecular weight is 306 g/mol. The Labute approximate surface area is 132 Å². The maximum Gasteiger partial charge on any atom is 0.325 e. The summed E-state index contributed by atoms with van der Waals surface area (Å²) in [4.78, 5) is 23.1. The molecule has 1 fully saturated rings. The molecule has 0 aromatic heterocycles. The normalized spacial score (nSPS) is 16.4. The zero-order valence-electron chi connectivity index (χ0n) is 13.4. The van der Waals surface area contributed by atoms with Crippen molar-refractivity contribution >= 4 is 11.9 Å². The molecule has 0 spiro atoms. The lowest BCUT2D eigenvalue weighted by molar-refractivity contribution is -0.145. The van der Waals surface area contributed by atoms with Gasteiger partial charge in [0.05, 0.1) is 6.04 Å². The van der Waals surface area contributed by atoms with Gasteiger partial charge >= 0.3 is 5.97 Å². The molecule has 1 amide bonds. The number of benzene rings is 1.